The molecule has 5 atom stereocenters. The SMILES string of the molecule is CCC(C)OC(=O)Oc1ccc(C(CC(C)OC(=O)C(C)(C)CC)[C@H](N)C(=O)O)cc1OC(=O)OC(C)CC. The summed E-state index contributed by atoms with van der Waals surface area (Å²) in [6.45, 7) is 14.1. The second kappa shape index (κ2) is 15.3. The summed E-state index contributed by atoms with van der Waals surface area (Å²) in [5.41, 5.74) is 5.68. The molecule has 1 rings (SSSR count). The van der Waals surface area contributed by atoms with E-state index in [9.17, 15) is 24.3 Å². The van der Waals surface area contributed by atoms with Gasteiger partial charge in [-0.25, -0.2) is 9.59 Å². The third-order valence-corrected chi connectivity index (χ3v) is 6.58. The average molecular weight is 554 g/mol. The Bertz CT molecular complexity index is 993. The first-order valence-electron chi connectivity index (χ1n) is 13.2. The van der Waals surface area contributed by atoms with Crippen molar-refractivity contribution >= 4 is 24.2 Å². The van der Waals surface area contributed by atoms with Crippen LogP contribution in [0.5, 0.6) is 11.5 Å². The first-order valence-corrected chi connectivity index (χ1v) is 13.2. The number of benzene rings is 1. The molecule has 0 heterocycles. The van der Waals surface area contributed by atoms with Crippen molar-refractivity contribution in [1.82, 2.24) is 0 Å². The normalized spacial score (nSPS) is 15.2. The average Bonchev–Trinajstić information content (AvgIpc) is 2.87. The standard InChI is InChI=1S/C28H43NO10/c1-9-16(4)36-26(33)38-21-13-12-19(15-22(21)39-27(34)37-17(5)10-2)20(23(29)24(30)31)14-18(6)35-25(32)28(7,8)11-3/h12-13,15-18,20,23H,9-11,14,29H2,1-8H3,(H,30,31)/t16?,17?,18?,20?,23-/m0/s1. The Balaban J connectivity index is 3.38. The van der Waals surface area contributed by atoms with Gasteiger partial charge in [-0.05, 0) is 78.0 Å². The van der Waals surface area contributed by atoms with Gasteiger partial charge in [0.1, 0.15) is 18.2 Å². The Kier molecular flexibility index (Phi) is 13.2. The number of carboxylic acid groups (broad SMARTS) is 1. The Morgan fingerprint density at radius 1 is 0.846 bits per heavy atom. The number of carbonyl (C=O) groups excluding carboxylic acids is 3. The van der Waals surface area contributed by atoms with Crippen molar-refractivity contribution in [3.05, 3.63) is 23.8 Å². The van der Waals surface area contributed by atoms with Crippen LogP contribution in [0, 0.1) is 5.41 Å². The third-order valence-electron chi connectivity index (χ3n) is 6.58. The molecule has 0 fully saturated rings. The van der Waals surface area contributed by atoms with Crippen LogP contribution in [0.25, 0.3) is 0 Å². The van der Waals surface area contributed by atoms with E-state index in [4.69, 9.17) is 29.4 Å². The zero-order valence-corrected chi connectivity index (χ0v) is 24.1. The first kappa shape index (κ1) is 33.7. The fraction of sp³-hybridized carbons (Fsp3) is 0.643. The monoisotopic (exact) mass is 553 g/mol. The molecule has 39 heavy (non-hydrogen) atoms. The van der Waals surface area contributed by atoms with Crippen LogP contribution in [-0.4, -0.2) is 53.7 Å². The van der Waals surface area contributed by atoms with Crippen LogP contribution >= 0.6 is 0 Å². The van der Waals surface area contributed by atoms with E-state index in [2.05, 4.69) is 0 Å². The summed E-state index contributed by atoms with van der Waals surface area (Å²) in [4.78, 5) is 49.1. The van der Waals surface area contributed by atoms with Crippen molar-refractivity contribution in [3.8, 4) is 11.5 Å². The smallest absolute Gasteiger partial charge is 0.480 e. The third kappa shape index (κ3) is 10.7. The van der Waals surface area contributed by atoms with Gasteiger partial charge in [-0.3, -0.25) is 9.59 Å². The van der Waals surface area contributed by atoms with Gasteiger partial charge in [0.05, 0.1) is 11.5 Å². The molecule has 11 heteroatoms. The van der Waals surface area contributed by atoms with E-state index in [1.54, 1.807) is 34.6 Å². The van der Waals surface area contributed by atoms with E-state index in [0.29, 0.717) is 24.8 Å². The fourth-order valence-electron chi connectivity index (χ4n) is 3.20. The highest BCUT2D eigenvalue weighted by molar-refractivity contribution is 5.76. The van der Waals surface area contributed by atoms with Gasteiger partial charge in [-0.15, -0.1) is 0 Å². The van der Waals surface area contributed by atoms with Crippen LogP contribution in [0.4, 0.5) is 9.59 Å². The van der Waals surface area contributed by atoms with Crippen molar-refractivity contribution in [3.63, 3.8) is 0 Å². The van der Waals surface area contributed by atoms with Crippen LogP contribution < -0.4 is 15.2 Å². The van der Waals surface area contributed by atoms with Gasteiger partial charge in [0.15, 0.2) is 11.5 Å². The van der Waals surface area contributed by atoms with Gasteiger partial charge < -0.3 is 34.5 Å². The minimum atomic E-state index is -1.38. The summed E-state index contributed by atoms with van der Waals surface area (Å²) >= 11 is 0. The molecule has 220 valence electrons. The summed E-state index contributed by atoms with van der Waals surface area (Å²) in [5.74, 6) is -2.88. The lowest BCUT2D eigenvalue weighted by Crippen LogP contribution is -2.39. The molecule has 0 saturated carbocycles. The number of nitrogens with two attached hydrogens (primary N) is 1. The zero-order valence-electron chi connectivity index (χ0n) is 24.1. The van der Waals surface area contributed by atoms with Crippen LogP contribution in [0.3, 0.4) is 0 Å². The predicted octanol–water partition coefficient (Wildman–Crippen LogP) is 5.57. The van der Waals surface area contributed by atoms with Gasteiger partial charge in [0.2, 0.25) is 0 Å². The van der Waals surface area contributed by atoms with Gasteiger partial charge >= 0.3 is 24.2 Å². The molecule has 0 bridgehead atoms. The van der Waals surface area contributed by atoms with Crippen LogP contribution in [0.15, 0.2) is 18.2 Å². The molecule has 0 aliphatic heterocycles. The predicted molar refractivity (Wildman–Crippen MR) is 143 cm³/mol. The molecular formula is C28H43NO10. The zero-order chi connectivity index (χ0) is 29.9. The number of hydrogen-bond acceptors (Lipinski definition) is 10. The van der Waals surface area contributed by atoms with E-state index >= 15 is 0 Å². The van der Waals surface area contributed by atoms with E-state index in [-0.39, 0.29) is 17.9 Å². The minimum absolute atomic E-state index is 0.0615. The maximum absolute atomic E-state index is 12.6. The van der Waals surface area contributed by atoms with E-state index in [1.807, 2.05) is 20.8 Å². The summed E-state index contributed by atoms with van der Waals surface area (Å²) in [5, 5.41) is 9.67. The summed E-state index contributed by atoms with van der Waals surface area (Å²) in [6, 6.07) is 2.81. The van der Waals surface area contributed by atoms with Crippen molar-refractivity contribution < 1.29 is 48.0 Å². The minimum Gasteiger partial charge on any atom is -0.480 e. The topological polar surface area (TPSA) is 161 Å². The number of hydrogen-bond donors (Lipinski definition) is 2. The molecule has 11 nitrogen and oxygen atoms in total. The van der Waals surface area contributed by atoms with Crippen molar-refractivity contribution in [2.75, 3.05) is 0 Å². The number of aliphatic carboxylic acids is 1. The molecule has 0 spiro atoms. The second-order valence-electron chi connectivity index (χ2n) is 10.2. The largest absolute Gasteiger partial charge is 0.514 e. The summed E-state index contributed by atoms with van der Waals surface area (Å²) in [6.07, 6.45) is -1.84. The molecule has 0 radical (unpaired) electrons. The van der Waals surface area contributed by atoms with Crippen molar-refractivity contribution in [2.45, 2.75) is 111 Å². The van der Waals surface area contributed by atoms with Gasteiger partial charge in [-0.1, -0.05) is 26.8 Å². The van der Waals surface area contributed by atoms with Crippen LogP contribution in [0.2, 0.25) is 0 Å². The molecule has 0 aliphatic rings. The first-order chi connectivity index (χ1) is 18.1. The van der Waals surface area contributed by atoms with Gasteiger partial charge in [-0.2, -0.15) is 0 Å². The Morgan fingerprint density at radius 3 is 1.82 bits per heavy atom. The molecule has 3 N–H and O–H groups in total. The lowest BCUT2D eigenvalue weighted by Gasteiger charge is -2.28. The lowest BCUT2D eigenvalue weighted by atomic mass is 9.86. The molecule has 1 aromatic carbocycles. The molecule has 0 aliphatic carbocycles. The highest BCUT2D eigenvalue weighted by atomic mass is 16.7. The number of ether oxygens (including phenoxy) is 5. The Hall–Kier alpha value is -3.34. The molecule has 0 aromatic heterocycles. The quantitative estimate of drug-likeness (QED) is 0.168. The molecule has 1 aromatic rings. The molecule has 0 amide bonds. The maximum atomic E-state index is 12.6. The van der Waals surface area contributed by atoms with Crippen molar-refractivity contribution in [1.29, 1.82) is 0 Å². The summed E-state index contributed by atoms with van der Waals surface area (Å²) < 4.78 is 26.5. The Labute approximate surface area is 230 Å². The van der Waals surface area contributed by atoms with Gasteiger partial charge in [0.25, 0.3) is 0 Å². The van der Waals surface area contributed by atoms with Crippen LogP contribution in [0.1, 0.15) is 92.6 Å². The summed E-state index contributed by atoms with van der Waals surface area (Å²) in [7, 11) is 0. The van der Waals surface area contributed by atoms with Crippen LogP contribution in [-0.2, 0) is 23.8 Å². The molecule has 0 saturated heterocycles. The second-order valence-corrected chi connectivity index (χ2v) is 10.2. The lowest BCUT2D eigenvalue weighted by molar-refractivity contribution is -0.159. The highest BCUT2D eigenvalue weighted by Gasteiger charge is 2.33. The molecular weight excluding hydrogens is 510 g/mol. The maximum Gasteiger partial charge on any atom is 0.514 e. The van der Waals surface area contributed by atoms with E-state index in [1.165, 1.54) is 18.2 Å². The number of rotatable bonds is 14. The van der Waals surface area contributed by atoms with E-state index < -0.39 is 59.9 Å². The van der Waals surface area contributed by atoms with Crippen molar-refractivity contribution in [2.24, 2.45) is 11.1 Å². The van der Waals surface area contributed by atoms with Gasteiger partial charge in [0, 0.05) is 5.92 Å². The number of carboxylic acids is 1. The number of carbonyl (C=O) groups is 4. The fourth-order valence-corrected chi connectivity index (χ4v) is 3.20. The Morgan fingerprint density at radius 2 is 1.36 bits per heavy atom. The highest BCUT2D eigenvalue weighted by Crippen LogP contribution is 2.35. The van der Waals surface area contributed by atoms with E-state index in [0.717, 1.165) is 0 Å². The number of esters is 1. The molecule has 4 unspecified atom stereocenters.